The molecule has 0 unspecified atom stereocenters. The first-order chi connectivity index (χ1) is 9.66. The van der Waals surface area contributed by atoms with E-state index in [9.17, 15) is 13.6 Å². The number of hydrogen-bond donors (Lipinski definition) is 2. The number of carbonyl (C=O) groups is 1. The molecule has 0 radical (unpaired) electrons. The van der Waals surface area contributed by atoms with Gasteiger partial charge in [0.05, 0.1) is 0 Å². The normalized spacial score (nSPS) is 10.7. The summed E-state index contributed by atoms with van der Waals surface area (Å²) in [5.41, 5.74) is 0.697. The lowest BCUT2D eigenvalue weighted by Gasteiger charge is -2.08. The van der Waals surface area contributed by atoms with Gasteiger partial charge in [-0.25, -0.2) is 8.78 Å². The van der Waals surface area contributed by atoms with Crippen LogP contribution in [-0.2, 0) is 0 Å². The molecule has 1 amide bonds. The molecule has 1 aromatic heterocycles. The van der Waals surface area contributed by atoms with E-state index < -0.39 is 23.2 Å². The Morgan fingerprint density at radius 3 is 2.45 bits per heavy atom. The molecule has 0 aliphatic heterocycles. The number of rotatable bonds is 2. The standard InChI is InChI=1S/C15H10F2N2O/c16-11-4-2-5-12(17)14(11)19-15(20)10-3-1-6-13-9(10)7-8-18-13/h1-8,18H,(H,19,20). The van der Waals surface area contributed by atoms with Gasteiger partial charge in [0, 0.05) is 22.7 Å². The van der Waals surface area contributed by atoms with Gasteiger partial charge in [0.2, 0.25) is 0 Å². The number of anilines is 1. The van der Waals surface area contributed by atoms with E-state index in [1.54, 1.807) is 24.4 Å². The topological polar surface area (TPSA) is 44.9 Å². The molecule has 3 aromatic rings. The first-order valence-electron chi connectivity index (χ1n) is 5.98. The van der Waals surface area contributed by atoms with Crippen molar-refractivity contribution < 1.29 is 13.6 Å². The molecule has 3 rings (SSSR count). The van der Waals surface area contributed by atoms with E-state index in [0.29, 0.717) is 10.9 Å². The van der Waals surface area contributed by atoms with Crippen molar-refractivity contribution in [2.24, 2.45) is 0 Å². The Kier molecular flexibility index (Phi) is 2.95. The number of para-hydroxylation sites is 1. The van der Waals surface area contributed by atoms with Gasteiger partial charge in [-0.2, -0.15) is 0 Å². The van der Waals surface area contributed by atoms with E-state index in [2.05, 4.69) is 10.3 Å². The lowest BCUT2D eigenvalue weighted by molar-refractivity contribution is 0.102. The predicted molar refractivity (Wildman–Crippen MR) is 72.6 cm³/mol. The average Bonchev–Trinajstić information content (AvgIpc) is 2.91. The number of carbonyl (C=O) groups excluding carboxylic acids is 1. The van der Waals surface area contributed by atoms with Crippen LogP contribution < -0.4 is 5.32 Å². The Hall–Kier alpha value is -2.69. The number of benzene rings is 2. The fourth-order valence-corrected chi connectivity index (χ4v) is 2.08. The minimum Gasteiger partial charge on any atom is -0.361 e. The molecule has 0 bridgehead atoms. The first kappa shape index (κ1) is 12.3. The Morgan fingerprint density at radius 1 is 1.00 bits per heavy atom. The lowest BCUT2D eigenvalue weighted by Crippen LogP contribution is -2.14. The summed E-state index contributed by atoms with van der Waals surface area (Å²) >= 11 is 0. The summed E-state index contributed by atoms with van der Waals surface area (Å²) < 4.78 is 27.0. The van der Waals surface area contributed by atoms with Crippen LogP contribution in [0.15, 0.2) is 48.7 Å². The third kappa shape index (κ3) is 2.03. The van der Waals surface area contributed by atoms with Gasteiger partial charge >= 0.3 is 0 Å². The second-order valence-electron chi connectivity index (χ2n) is 4.30. The molecule has 2 N–H and O–H groups in total. The molecular weight excluding hydrogens is 262 g/mol. The highest BCUT2D eigenvalue weighted by atomic mass is 19.1. The Balaban J connectivity index is 2.00. The van der Waals surface area contributed by atoms with Crippen molar-refractivity contribution >= 4 is 22.5 Å². The quantitative estimate of drug-likeness (QED) is 0.734. The average molecular weight is 272 g/mol. The summed E-state index contributed by atoms with van der Waals surface area (Å²) in [5.74, 6) is -2.17. The van der Waals surface area contributed by atoms with E-state index in [1.165, 1.54) is 6.07 Å². The smallest absolute Gasteiger partial charge is 0.256 e. The third-order valence-corrected chi connectivity index (χ3v) is 3.04. The number of H-pyrrole nitrogens is 1. The van der Waals surface area contributed by atoms with E-state index in [-0.39, 0.29) is 0 Å². The zero-order valence-electron chi connectivity index (χ0n) is 10.3. The zero-order valence-corrected chi connectivity index (χ0v) is 10.3. The number of aromatic nitrogens is 1. The monoisotopic (exact) mass is 272 g/mol. The largest absolute Gasteiger partial charge is 0.361 e. The number of amides is 1. The molecule has 0 spiro atoms. The Bertz CT molecular complexity index is 775. The molecule has 5 heteroatoms. The lowest BCUT2D eigenvalue weighted by atomic mass is 10.1. The molecule has 100 valence electrons. The predicted octanol–water partition coefficient (Wildman–Crippen LogP) is 3.70. The van der Waals surface area contributed by atoms with Gasteiger partial charge in [-0.1, -0.05) is 12.1 Å². The van der Waals surface area contributed by atoms with Crippen molar-refractivity contribution in [3.05, 3.63) is 65.9 Å². The maximum absolute atomic E-state index is 13.5. The van der Waals surface area contributed by atoms with Gasteiger partial charge in [0.25, 0.3) is 5.91 Å². The fraction of sp³-hybridized carbons (Fsp3) is 0. The number of fused-ring (bicyclic) bond motifs is 1. The molecular formula is C15H10F2N2O. The van der Waals surface area contributed by atoms with Crippen LogP contribution in [0.4, 0.5) is 14.5 Å². The number of halogens is 2. The molecule has 0 saturated heterocycles. The van der Waals surface area contributed by atoms with Crippen molar-refractivity contribution in [1.29, 1.82) is 0 Å². The van der Waals surface area contributed by atoms with Crippen LogP contribution in [0.1, 0.15) is 10.4 Å². The van der Waals surface area contributed by atoms with Crippen molar-refractivity contribution in [2.75, 3.05) is 5.32 Å². The minimum absolute atomic E-state index is 0.353. The van der Waals surface area contributed by atoms with Crippen LogP contribution in [0.3, 0.4) is 0 Å². The first-order valence-corrected chi connectivity index (χ1v) is 5.98. The molecule has 0 fully saturated rings. The van der Waals surface area contributed by atoms with Crippen LogP contribution in [0.2, 0.25) is 0 Å². The molecule has 3 nitrogen and oxygen atoms in total. The fourth-order valence-electron chi connectivity index (χ4n) is 2.08. The SMILES string of the molecule is O=C(Nc1c(F)cccc1F)c1cccc2[nH]ccc12. The van der Waals surface area contributed by atoms with Crippen LogP contribution in [0, 0.1) is 11.6 Å². The van der Waals surface area contributed by atoms with E-state index in [0.717, 1.165) is 17.6 Å². The van der Waals surface area contributed by atoms with Crippen molar-refractivity contribution in [1.82, 2.24) is 4.98 Å². The second-order valence-corrected chi connectivity index (χ2v) is 4.30. The van der Waals surface area contributed by atoms with Gasteiger partial charge in [-0.3, -0.25) is 4.79 Å². The molecule has 0 saturated carbocycles. The highest BCUT2D eigenvalue weighted by Crippen LogP contribution is 2.22. The molecule has 0 aliphatic rings. The summed E-state index contributed by atoms with van der Waals surface area (Å²) in [5, 5.41) is 2.97. The van der Waals surface area contributed by atoms with Gasteiger partial charge in [0.1, 0.15) is 17.3 Å². The maximum Gasteiger partial charge on any atom is 0.256 e. The second kappa shape index (κ2) is 4.77. The van der Waals surface area contributed by atoms with E-state index in [4.69, 9.17) is 0 Å². The Morgan fingerprint density at radius 2 is 1.70 bits per heavy atom. The van der Waals surface area contributed by atoms with Crippen LogP contribution in [0.25, 0.3) is 10.9 Å². The summed E-state index contributed by atoms with van der Waals surface area (Å²) in [6.45, 7) is 0. The summed E-state index contributed by atoms with van der Waals surface area (Å²) in [6.07, 6.45) is 1.70. The maximum atomic E-state index is 13.5. The number of nitrogens with one attached hydrogen (secondary N) is 2. The molecule has 20 heavy (non-hydrogen) atoms. The van der Waals surface area contributed by atoms with Gasteiger partial charge in [-0.15, -0.1) is 0 Å². The number of aromatic amines is 1. The van der Waals surface area contributed by atoms with Crippen LogP contribution in [0.5, 0.6) is 0 Å². The molecule has 1 heterocycles. The van der Waals surface area contributed by atoms with Crippen molar-refractivity contribution in [2.45, 2.75) is 0 Å². The van der Waals surface area contributed by atoms with Gasteiger partial charge < -0.3 is 10.3 Å². The van der Waals surface area contributed by atoms with Crippen molar-refractivity contribution in [3.63, 3.8) is 0 Å². The van der Waals surface area contributed by atoms with Crippen LogP contribution in [-0.4, -0.2) is 10.9 Å². The summed E-state index contributed by atoms with van der Waals surface area (Å²) in [6, 6.07) is 10.3. The minimum atomic E-state index is -0.806. The Labute approximate surface area is 113 Å². The van der Waals surface area contributed by atoms with Crippen LogP contribution >= 0.6 is 0 Å². The number of hydrogen-bond acceptors (Lipinski definition) is 1. The third-order valence-electron chi connectivity index (χ3n) is 3.04. The summed E-state index contributed by atoms with van der Waals surface area (Å²) in [7, 11) is 0. The van der Waals surface area contributed by atoms with E-state index in [1.807, 2.05) is 6.07 Å². The molecule has 0 atom stereocenters. The van der Waals surface area contributed by atoms with Gasteiger partial charge in [0.15, 0.2) is 0 Å². The zero-order chi connectivity index (χ0) is 14.1. The highest BCUT2D eigenvalue weighted by Gasteiger charge is 2.15. The highest BCUT2D eigenvalue weighted by molar-refractivity contribution is 6.12. The van der Waals surface area contributed by atoms with Crippen molar-refractivity contribution in [3.8, 4) is 0 Å². The molecule has 2 aromatic carbocycles. The summed E-state index contributed by atoms with van der Waals surface area (Å²) in [4.78, 5) is 15.1. The molecule has 0 aliphatic carbocycles. The van der Waals surface area contributed by atoms with Gasteiger partial charge in [-0.05, 0) is 30.3 Å². The van der Waals surface area contributed by atoms with E-state index >= 15 is 0 Å².